The Morgan fingerprint density at radius 1 is 1.29 bits per heavy atom. The largest absolute Gasteiger partial charge is 0.493 e. The molecule has 110 valence electrons. The average Bonchev–Trinajstić information content (AvgIpc) is 2.94. The lowest BCUT2D eigenvalue weighted by atomic mass is 10.0. The Labute approximate surface area is 144 Å². The Balaban J connectivity index is 1.85. The van der Waals surface area contributed by atoms with Crippen LogP contribution in [0.4, 0.5) is 5.69 Å². The third-order valence-electron chi connectivity index (χ3n) is 3.78. The molecule has 0 saturated heterocycles. The normalized spacial score (nSPS) is 14.4. The Hall–Kier alpha value is -0.940. The van der Waals surface area contributed by atoms with E-state index in [9.17, 15) is 0 Å². The maximum absolute atomic E-state index is 6.32. The Bertz CT molecular complexity index is 659. The second-order valence-electron chi connectivity index (χ2n) is 5.19. The standard InChI is InChI=1S/C17H17ClINO/c1-2-15(20-16-5-4-13(19)10-14(16)18)11-3-6-17-12(9-11)7-8-21-17/h3-6,9-10,15,20H,2,7-8H2,1H3. The highest BCUT2D eigenvalue weighted by molar-refractivity contribution is 14.1. The fraction of sp³-hybridized carbons (Fsp3) is 0.294. The van der Waals surface area contributed by atoms with E-state index in [4.69, 9.17) is 16.3 Å². The summed E-state index contributed by atoms with van der Waals surface area (Å²) in [5.41, 5.74) is 3.58. The van der Waals surface area contributed by atoms with Crippen LogP contribution in [0.5, 0.6) is 5.75 Å². The summed E-state index contributed by atoms with van der Waals surface area (Å²) in [6.45, 7) is 2.98. The zero-order valence-corrected chi connectivity index (χ0v) is 14.7. The maximum atomic E-state index is 6.32. The van der Waals surface area contributed by atoms with E-state index >= 15 is 0 Å². The average molecular weight is 414 g/mol. The Kier molecular flexibility index (Phi) is 4.60. The number of fused-ring (bicyclic) bond motifs is 1. The van der Waals surface area contributed by atoms with Crippen LogP contribution in [0, 0.1) is 3.57 Å². The van der Waals surface area contributed by atoms with Gasteiger partial charge in [-0.15, -0.1) is 0 Å². The number of halogens is 2. The van der Waals surface area contributed by atoms with Crippen molar-refractivity contribution in [2.45, 2.75) is 25.8 Å². The van der Waals surface area contributed by atoms with E-state index in [1.807, 2.05) is 12.1 Å². The van der Waals surface area contributed by atoms with Gasteiger partial charge in [-0.3, -0.25) is 0 Å². The van der Waals surface area contributed by atoms with E-state index in [1.54, 1.807) is 0 Å². The van der Waals surface area contributed by atoms with E-state index in [0.717, 1.165) is 39.5 Å². The van der Waals surface area contributed by atoms with Gasteiger partial charge in [0.25, 0.3) is 0 Å². The van der Waals surface area contributed by atoms with Crippen molar-refractivity contribution in [2.24, 2.45) is 0 Å². The molecule has 1 aliphatic rings. The van der Waals surface area contributed by atoms with Gasteiger partial charge in [0, 0.05) is 9.99 Å². The highest BCUT2D eigenvalue weighted by atomic mass is 127. The molecule has 2 aromatic rings. The van der Waals surface area contributed by atoms with Crippen molar-refractivity contribution in [1.29, 1.82) is 0 Å². The molecule has 4 heteroatoms. The molecule has 1 unspecified atom stereocenters. The summed E-state index contributed by atoms with van der Waals surface area (Å²) in [5.74, 6) is 1.03. The number of hydrogen-bond donors (Lipinski definition) is 1. The Morgan fingerprint density at radius 3 is 2.90 bits per heavy atom. The summed E-state index contributed by atoms with van der Waals surface area (Å²) < 4.78 is 6.72. The van der Waals surface area contributed by atoms with E-state index in [0.29, 0.717) is 0 Å². The second-order valence-corrected chi connectivity index (χ2v) is 6.85. The van der Waals surface area contributed by atoms with Gasteiger partial charge >= 0.3 is 0 Å². The van der Waals surface area contributed by atoms with Crippen LogP contribution in [0.3, 0.4) is 0 Å². The van der Waals surface area contributed by atoms with Crippen molar-refractivity contribution in [3.8, 4) is 5.75 Å². The molecule has 2 nitrogen and oxygen atoms in total. The predicted molar refractivity (Wildman–Crippen MR) is 96.5 cm³/mol. The third-order valence-corrected chi connectivity index (χ3v) is 4.77. The summed E-state index contributed by atoms with van der Waals surface area (Å²) >= 11 is 8.59. The van der Waals surface area contributed by atoms with Crippen molar-refractivity contribution >= 4 is 39.9 Å². The summed E-state index contributed by atoms with van der Waals surface area (Å²) in [5, 5.41) is 4.32. The van der Waals surface area contributed by atoms with Gasteiger partial charge in [0.1, 0.15) is 5.75 Å². The quantitative estimate of drug-likeness (QED) is 0.674. The van der Waals surface area contributed by atoms with Crippen molar-refractivity contribution in [3.63, 3.8) is 0 Å². The highest BCUT2D eigenvalue weighted by Gasteiger charge is 2.16. The molecule has 1 heterocycles. The first-order valence-electron chi connectivity index (χ1n) is 7.14. The fourth-order valence-electron chi connectivity index (χ4n) is 2.64. The van der Waals surface area contributed by atoms with Crippen LogP contribution in [0.15, 0.2) is 36.4 Å². The monoisotopic (exact) mass is 413 g/mol. The molecule has 1 aliphatic heterocycles. The lowest BCUT2D eigenvalue weighted by molar-refractivity contribution is 0.357. The van der Waals surface area contributed by atoms with Crippen molar-refractivity contribution in [1.82, 2.24) is 0 Å². The number of benzene rings is 2. The van der Waals surface area contributed by atoms with Crippen LogP contribution in [0.1, 0.15) is 30.5 Å². The fourth-order valence-corrected chi connectivity index (χ4v) is 3.55. The van der Waals surface area contributed by atoms with E-state index in [2.05, 4.69) is 59.1 Å². The zero-order chi connectivity index (χ0) is 14.8. The minimum atomic E-state index is 0.258. The number of anilines is 1. The van der Waals surface area contributed by atoms with Crippen LogP contribution in [0.25, 0.3) is 0 Å². The maximum Gasteiger partial charge on any atom is 0.122 e. The zero-order valence-electron chi connectivity index (χ0n) is 11.8. The predicted octanol–water partition coefficient (Wildman–Crippen LogP) is 5.44. The molecule has 21 heavy (non-hydrogen) atoms. The molecule has 0 bridgehead atoms. The summed E-state index contributed by atoms with van der Waals surface area (Å²) in [4.78, 5) is 0. The molecule has 0 saturated carbocycles. The molecule has 0 radical (unpaired) electrons. The molecule has 1 atom stereocenters. The number of hydrogen-bond acceptors (Lipinski definition) is 2. The van der Waals surface area contributed by atoms with Gasteiger partial charge in [-0.05, 0) is 70.5 Å². The number of nitrogens with one attached hydrogen (secondary N) is 1. The minimum absolute atomic E-state index is 0.258. The molecule has 3 rings (SSSR count). The molecular formula is C17H17ClINO. The lowest BCUT2D eigenvalue weighted by Crippen LogP contribution is -2.10. The van der Waals surface area contributed by atoms with Gasteiger partial charge in [-0.2, -0.15) is 0 Å². The summed E-state index contributed by atoms with van der Waals surface area (Å²) in [6.07, 6.45) is 2.01. The van der Waals surface area contributed by atoms with E-state index in [1.165, 1.54) is 11.1 Å². The van der Waals surface area contributed by atoms with Gasteiger partial charge in [0.2, 0.25) is 0 Å². The molecule has 1 N–H and O–H groups in total. The van der Waals surface area contributed by atoms with Gasteiger partial charge in [-0.25, -0.2) is 0 Å². The summed E-state index contributed by atoms with van der Waals surface area (Å²) in [7, 11) is 0. The van der Waals surface area contributed by atoms with Crippen molar-refractivity contribution < 1.29 is 4.74 Å². The van der Waals surface area contributed by atoms with Gasteiger partial charge in [0.05, 0.1) is 23.4 Å². The smallest absolute Gasteiger partial charge is 0.122 e. The van der Waals surface area contributed by atoms with Crippen LogP contribution in [-0.2, 0) is 6.42 Å². The molecule has 0 aliphatic carbocycles. The molecular weight excluding hydrogens is 397 g/mol. The molecule has 0 fully saturated rings. The minimum Gasteiger partial charge on any atom is -0.493 e. The molecule has 0 spiro atoms. The Morgan fingerprint density at radius 2 is 2.14 bits per heavy atom. The third kappa shape index (κ3) is 3.29. The van der Waals surface area contributed by atoms with Crippen molar-refractivity contribution in [2.75, 3.05) is 11.9 Å². The topological polar surface area (TPSA) is 21.3 Å². The van der Waals surface area contributed by atoms with Crippen LogP contribution in [0.2, 0.25) is 5.02 Å². The highest BCUT2D eigenvalue weighted by Crippen LogP contribution is 2.32. The number of ether oxygens (including phenoxy) is 1. The first-order chi connectivity index (χ1) is 10.2. The molecule has 0 aromatic heterocycles. The lowest BCUT2D eigenvalue weighted by Gasteiger charge is -2.20. The van der Waals surface area contributed by atoms with E-state index < -0.39 is 0 Å². The molecule has 2 aromatic carbocycles. The first-order valence-corrected chi connectivity index (χ1v) is 8.60. The van der Waals surface area contributed by atoms with Crippen LogP contribution in [-0.4, -0.2) is 6.61 Å². The first kappa shape index (κ1) is 15.0. The second kappa shape index (κ2) is 6.44. The van der Waals surface area contributed by atoms with E-state index in [-0.39, 0.29) is 6.04 Å². The van der Waals surface area contributed by atoms with Crippen LogP contribution < -0.4 is 10.1 Å². The SMILES string of the molecule is CCC(Nc1ccc(I)cc1Cl)c1ccc2c(c1)CCO2. The van der Waals surface area contributed by atoms with Gasteiger partial charge in [0.15, 0.2) is 0 Å². The van der Waals surface area contributed by atoms with Gasteiger partial charge < -0.3 is 10.1 Å². The van der Waals surface area contributed by atoms with Gasteiger partial charge in [-0.1, -0.05) is 24.6 Å². The summed E-state index contributed by atoms with van der Waals surface area (Å²) in [6, 6.07) is 12.8. The number of rotatable bonds is 4. The molecule has 0 amide bonds. The van der Waals surface area contributed by atoms with Crippen LogP contribution >= 0.6 is 34.2 Å². The van der Waals surface area contributed by atoms with Crippen molar-refractivity contribution in [3.05, 3.63) is 56.1 Å².